The summed E-state index contributed by atoms with van der Waals surface area (Å²) in [5.41, 5.74) is 3.93. The van der Waals surface area contributed by atoms with Crippen molar-refractivity contribution in [3.8, 4) is 5.75 Å². The van der Waals surface area contributed by atoms with Gasteiger partial charge in [0.05, 0.1) is 13.3 Å². The Kier molecular flexibility index (Phi) is 7.18. The first-order valence-corrected chi connectivity index (χ1v) is 7.98. The fraction of sp³-hybridized carbons (Fsp3) is 0.211. The molecular weight excluding hydrogens is 318 g/mol. The van der Waals surface area contributed by atoms with Crippen LogP contribution in [0.1, 0.15) is 28.8 Å². The zero-order chi connectivity index (χ0) is 17.9. The predicted octanol–water partition coefficient (Wildman–Crippen LogP) is 2.36. The van der Waals surface area contributed by atoms with E-state index < -0.39 is 0 Å². The molecule has 25 heavy (non-hydrogen) atoms. The third kappa shape index (κ3) is 6.47. The third-order valence-electron chi connectivity index (χ3n) is 3.42. The first-order valence-electron chi connectivity index (χ1n) is 7.98. The van der Waals surface area contributed by atoms with Crippen LogP contribution in [0.25, 0.3) is 0 Å². The molecule has 6 nitrogen and oxygen atoms in total. The van der Waals surface area contributed by atoms with Gasteiger partial charge in [-0.1, -0.05) is 18.2 Å². The molecule has 2 aromatic rings. The number of amides is 2. The molecule has 6 heteroatoms. The van der Waals surface area contributed by atoms with Crippen LogP contribution >= 0.6 is 0 Å². The van der Waals surface area contributed by atoms with E-state index in [-0.39, 0.29) is 18.2 Å². The number of hydrazone groups is 1. The Morgan fingerprint density at radius 2 is 1.80 bits per heavy atom. The lowest BCUT2D eigenvalue weighted by molar-refractivity contribution is -0.121. The first-order chi connectivity index (χ1) is 12.2. The fourth-order valence-electron chi connectivity index (χ4n) is 2.07. The van der Waals surface area contributed by atoms with Gasteiger partial charge in [-0.3, -0.25) is 9.59 Å². The van der Waals surface area contributed by atoms with Gasteiger partial charge in [0.2, 0.25) is 5.91 Å². The SMILES string of the molecule is COc1ccc(C=NNC(=O)CCCNC(=O)c2ccccc2)cc1. The van der Waals surface area contributed by atoms with Gasteiger partial charge in [0.1, 0.15) is 5.75 Å². The summed E-state index contributed by atoms with van der Waals surface area (Å²) in [6, 6.07) is 16.3. The number of nitrogens with one attached hydrogen (secondary N) is 2. The van der Waals surface area contributed by atoms with Gasteiger partial charge in [0, 0.05) is 18.5 Å². The summed E-state index contributed by atoms with van der Waals surface area (Å²) in [5, 5.41) is 6.68. The summed E-state index contributed by atoms with van der Waals surface area (Å²) < 4.78 is 5.07. The van der Waals surface area contributed by atoms with Gasteiger partial charge in [-0.2, -0.15) is 5.10 Å². The van der Waals surface area contributed by atoms with Crippen molar-refractivity contribution in [2.45, 2.75) is 12.8 Å². The second-order valence-electron chi connectivity index (χ2n) is 5.29. The van der Waals surface area contributed by atoms with Crippen molar-refractivity contribution in [2.24, 2.45) is 5.10 Å². The van der Waals surface area contributed by atoms with Crippen LogP contribution in [0.5, 0.6) is 5.75 Å². The molecule has 0 unspecified atom stereocenters. The minimum absolute atomic E-state index is 0.140. The van der Waals surface area contributed by atoms with Crippen molar-refractivity contribution in [2.75, 3.05) is 13.7 Å². The lowest BCUT2D eigenvalue weighted by Gasteiger charge is -2.04. The molecule has 2 aromatic carbocycles. The van der Waals surface area contributed by atoms with Crippen molar-refractivity contribution in [1.29, 1.82) is 0 Å². The van der Waals surface area contributed by atoms with E-state index in [1.54, 1.807) is 25.5 Å². The molecule has 0 bridgehead atoms. The molecular formula is C19H21N3O3. The van der Waals surface area contributed by atoms with Crippen molar-refractivity contribution in [3.63, 3.8) is 0 Å². The van der Waals surface area contributed by atoms with Gasteiger partial charge in [0.25, 0.3) is 5.91 Å². The Hall–Kier alpha value is -3.15. The lowest BCUT2D eigenvalue weighted by atomic mass is 10.2. The van der Waals surface area contributed by atoms with Crippen LogP contribution < -0.4 is 15.5 Å². The second kappa shape index (κ2) is 9.87. The number of benzene rings is 2. The molecule has 2 amide bonds. The molecule has 0 saturated carbocycles. The Labute approximate surface area is 146 Å². The van der Waals surface area contributed by atoms with E-state index in [4.69, 9.17) is 4.74 Å². The average molecular weight is 339 g/mol. The van der Waals surface area contributed by atoms with Crippen molar-refractivity contribution < 1.29 is 14.3 Å². The number of carbonyl (C=O) groups excluding carboxylic acids is 2. The fourth-order valence-corrected chi connectivity index (χ4v) is 2.07. The lowest BCUT2D eigenvalue weighted by Crippen LogP contribution is -2.26. The van der Waals surface area contributed by atoms with Crippen LogP contribution in [0.3, 0.4) is 0 Å². The van der Waals surface area contributed by atoms with E-state index >= 15 is 0 Å². The van der Waals surface area contributed by atoms with E-state index in [0.717, 1.165) is 11.3 Å². The molecule has 0 radical (unpaired) electrons. The molecule has 0 saturated heterocycles. The molecule has 0 heterocycles. The number of carbonyl (C=O) groups is 2. The molecule has 0 atom stereocenters. The highest BCUT2D eigenvalue weighted by Gasteiger charge is 2.04. The molecule has 2 rings (SSSR count). The Bertz CT molecular complexity index is 712. The van der Waals surface area contributed by atoms with Gasteiger partial charge in [-0.05, 0) is 48.4 Å². The summed E-state index contributed by atoms with van der Waals surface area (Å²) in [6.07, 6.45) is 2.39. The number of rotatable bonds is 8. The number of nitrogens with zero attached hydrogens (tertiary/aromatic N) is 1. The van der Waals surface area contributed by atoms with Gasteiger partial charge in [-0.25, -0.2) is 5.43 Å². The highest BCUT2D eigenvalue weighted by Crippen LogP contribution is 2.09. The molecule has 0 aliphatic rings. The van der Waals surface area contributed by atoms with E-state index in [1.807, 2.05) is 42.5 Å². The minimum Gasteiger partial charge on any atom is -0.497 e. The number of hydrogen-bond donors (Lipinski definition) is 2. The summed E-state index contributed by atoms with van der Waals surface area (Å²) in [5.74, 6) is 0.427. The highest BCUT2D eigenvalue weighted by atomic mass is 16.5. The van der Waals surface area contributed by atoms with Crippen LogP contribution in [-0.2, 0) is 4.79 Å². The summed E-state index contributed by atoms with van der Waals surface area (Å²) in [6.45, 7) is 0.434. The largest absolute Gasteiger partial charge is 0.497 e. The smallest absolute Gasteiger partial charge is 0.251 e. The Morgan fingerprint density at radius 1 is 1.08 bits per heavy atom. The van der Waals surface area contributed by atoms with E-state index in [9.17, 15) is 9.59 Å². The van der Waals surface area contributed by atoms with Crippen LogP contribution in [0.15, 0.2) is 59.7 Å². The normalized spacial score (nSPS) is 10.4. The molecule has 130 valence electrons. The molecule has 0 aliphatic heterocycles. The van der Waals surface area contributed by atoms with E-state index in [0.29, 0.717) is 18.5 Å². The molecule has 0 fully saturated rings. The zero-order valence-electron chi connectivity index (χ0n) is 14.1. The summed E-state index contributed by atoms with van der Waals surface area (Å²) in [7, 11) is 1.60. The minimum atomic E-state index is -0.196. The average Bonchev–Trinajstić information content (AvgIpc) is 2.66. The van der Waals surface area contributed by atoms with Gasteiger partial charge in [0.15, 0.2) is 0 Å². The maximum atomic E-state index is 11.8. The first kappa shape index (κ1) is 18.2. The Morgan fingerprint density at radius 3 is 2.48 bits per heavy atom. The maximum Gasteiger partial charge on any atom is 0.251 e. The van der Waals surface area contributed by atoms with Gasteiger partial charge < -0.3 is 10.1 Å². The molecule has 2 N–H and O–H groups in total. The topological polar surface area (TPSA) is 79.8 Å². The van der Waals surface area contributed by atoms with Gasteiger partial charge >= 0.3 is 0 Å². The molecule has 0 aliphatic carbocycles. The van der Waals surface area contributed by atoms with Crippen molar-refractivity contribution in [3.05, 3.63) is 65.7 Å². The number of hydrogen-bond acceptors (Lipinski definition) is 4. The standard InChI is InChI=1S/C19H21N3O3/c1-25-17-11-9-15(10-12-17)14-21-22-18(23)8-5-13-20-19(24)16-6-3-2-4-7-16/h2-4,6-7,9-12,14H,5,8,13H2,1H3,(H,20,24)(H,22,23). The quantitative estimate of drug-likeness (QED) is 0.440. The van der Waals surface area contributed by atoms with Crippen LogP contribution in [0, 0.1) is 0 Å². The maximum absolute atomic E-state index is 11.8. The Balaban J connectivity index is 1.63. The van der Waals surface area contributed by atoms with E-state index in [2.05, 4.69) is 15.8 Å². The van der Waals surface area contributed by atoms with Crippen LogP contribution in [0.4, 0.5) is 0 Å². The summed E-state index contributed by atoms with van der Waals surface area (Å²) >= 11 is 0. The predicted molar refractivity (Wildman–Crippen MR) is 96.7 cm³/mol. The highest BCUT2D eigenvalue weighted by molar-refractivity contribution is 5.94. The third-order valence-corrected chi connectivity index (χ3v) is 3.42. The monoisotopic (exact) mass is 339 g/mol. The van der Waals surface area contributed by atoms with Crippen molar-refractivity contribution >= 4 is 18.0 Å². The second-order valence-corrected chi connectivity index (χ2v) is 5.29. The van der Waals surface area contributed by atoms with Crippen LogP contribution in [-0.4, -0.2) is 31.7 Å². The van der Waals surface area contributed by atoms with Gasteiger partial charge in [-0.15, -0.1) is 0 Å². The van der Waals surface area contributed by atoms with Crippen LogP contribution in [0.2, 0.25) is 0 Å². The van der Waals surface area contributed by atoms with E-state index in [1.165, 1.54) is 0 Å². The van der Waals surface area contributed by atoms with Crippen molar-refractivity contribution in [1.82, 2.24) is 10.7 Å². The number of ether oxygens (including phenoxy) is 1. The summed E-state index contributed by atoms with van der Waals surface area (Å²) in [4.78, 5) is 23.5. The molecule has 0 aromatic heterocycles. The molecule has 0 spiro atoms. The zero-order valence-corrected chi connectivity index (χ0v) is 14.1. The number of methoxy groups -OCH3 is 1.